The zero-order chi connectivity index (χ0) is 12.9. The molecule has 0 aromatic heterocycles. The van der Waals surface area contributed by atoms with E-state index < -0.39 is 11.9 Å². The molecule has 6 heteroatoms. The van der Waals surface area contributed by atoms with Crippen molar-refractivity contribution in [1.82, 2.24) is 0 Å². The highest BCUT2D eigenvalue weighted by molar-refractivity contribution is 5.79. The largest absolute Gasteiger partial charge is 0.478 e. The number of hydrogen-bond acceptors (Lipinski definition) is 4. The summed E-state index contributed by atoms with van der Waals surface area (Å²) in [4.78, 5) is 28.1. The van der Waals surface area contributed by atoms with Crippen LogP contribution >= 0.6 is 0 Å². The number of carboxylic acid groups (broad SMARTS) is 2. The van der Waals surface area contributed by atoms with E-state index in [9.17, 15) is 14.4 Å². The van der Waals surface area contributed by atoms with Crippen molar-refractivity contribution in [1.29, 1.82) is 0 Å². The molecule has 86 valence electrons. The van der Waals surface area contributed by atoms with Crippen molar-refractivity contribution < 1.29 is 29.3 Å². The average molecular weight is 218 g/mol. The average Bonchev–Trinajstić information content (AvgIpc) is 2.19. The first-order chi connectivity index (χ1) is 6.81. The third-order valence-electron chi connectivity index (χ3n) is 0.637. The minimum atomic E-state index is -0.981. The number of aliphatic carboxylic acids is 2. The Hall–Kier alpha value is -2.11. The van der Waals surface area contributed by atoms with Gasteiger partial charge in [-0.15, -0.1) is 0 Å². The van der Waals surface area contributed by atoms with Crippen LogP contribution in [0.15, 0.2) is 25.3 Å². The molecule has 15 heavy (non-hydrogen) atoms. The van der Waals surface area contributed by atoms with Crippen molar-refractivity contribution in [2.45, 2.75) is 6.92 Å². The molecule has 0 spiro atoms. The first kappa shape index (κ1) is 18.6. The Bertz CT molecular complexity index is 213. The molecule has 0 saturated heterocycles. The molecule has 0 aromatic carbocycles. The minimum absolute atomic E-state index is 0.245. The van der Waals surface area contributed by atoms with Gasteiger partial charge in [-0.05, 0) is 0 Å². The Balaban J connectivity index is -0.000000144. The van der Waals surface area contributed by atoms with E-state index >= 15 is 0 Å². The Kier molecular flexibility index (Phi) is 17.9. The van der Waals surface area contributed by atoms with Gasteiger partial charge in [-0.25, -0.2) is 9.59 Å². The maximum atomic E-state index is 9.59. The zero-order valence-corrected chi connectivity index (χ0v) is 8.60. The van der Waals surface area contributed by atoms with Gasteiger partial charge in [0, 0.05) is 19.1 Å². The fraction of sp³-hybridized carbons (Fsp3) is 0.222. The van der Waals surface area contributed by atoms with E-state index in [0.717, 1.165) is 12.2 Å². The lowest BCUT2D eigenvalue weighted by molar-refractivity contribution is -0.138. The number of hydrogen-bond donors (Lipinski definition) is 2. The molecule has 0 aromatic rings. The molecule has 0 rings (SSSR count). The molecule has 0 aliphatic carbocycles. The highest BCUT2D eigenvalue weighted by Crippen LogP contribution is 1.60. The molecule has 2 N–H and O–H groups in total. The smallest absolute Gasteiger partial charge is 0.327 e. The second-order valence-electron chi connectivity index (χ2n) is 1.78. The van der Waals surface area contributed by atoms with Crippen LogP contribution < -0.4 is 0 Å². The summed E-state index contributed by atoms with van der Waals surface area (Å²) in [6, 6.07) is 0. The fourth-order valence-electron chi connectivity index (χ4n) is 0. The van der Waals surface area contributed by atoms with Crippen molar-refractivity contribution in [2.24, 2.45) is 0 Å². The van der Waals surface area contributed by atoms with Crippen LogP contribution in [0.25, 0.3) is 0 Å². The van der Waals surface area contributed by atoms with Crippen molar-refractivity contribution in [2.75, 3.05) is 7.11 Å². The Morgan fingerprint density at radius 2 is 1.20 bits per heavy atom. The second kappa shape index (κ2) is 14.4. The maximum Gasteiger partial charge on any atom is 0.327 e. The van der Waals surface area contributed by atoms with Gasteiger partial charge >= 0.3 is 17.9 Å². The molecule has 0 amide bonds. The summed E-state index contributed by atoms with van der Waals surface area (Å²) in [5, 5.41) is 15.2. The highest BCUT2D eigenvalue weighted by atomic mass is 16.5. The summed E-state index contributed by atoms with van der Waals surface area (Å²) >= 11 is 0. The Labute approximate surface area is 87.5 Å². The quantitative estimate of drug-likeness (QED) is 0.522. The lowest BCUT2D eigenvalue weighted by Gasteiger charge is -1.80. The SMILES string of the molecule is C=CC(=O)O.C=CC(=O)O.COC(C)=O. The first-order valence-corrected chi connectivity index (χ1v) is 3.57. The minimum Gasteiger partial charge on any atom is -0.478 e. The van der Waals surface area contributed by atoms with Crippen LogP contribution in [0, 0.1) is 0 Å². The lowest BCUT2D eigenvalue weighted by atomic mass is 10.7. The van der Waals surface area contributed by atoms with Crippen LogP contribution in [0.5, 0.6) is 0 Å². The van der Waals surface area contributed by atoms with Gasteiger partial charge in [0.15, 0.2) is 0 Å². The maximum absolute atomic E-state index is 9.59. The monoisotopic (exact) mass is 218 g/mol. The molecular weight excluding hydrogens is 204 g/mol. The van der Waals surface area contributed by atoms with E-state index in [2.05, 4.69) is 17.9 Å². The van der Waals surface area contributed by atoms with Gasteiger partial charge in [0.25, 0.3) is 0 Å². The molecule has 0 saturated carbocycles. The molecule has 6 nitrogen and oxygen atoms in total. The van der Waals surface area contributed by atoms with Crippen molar-refractivity contribution in [3.63, 3.8) is 0 Å². The number of esters is 1. The number of methoxy groups -OCH3 is 1. The summed E-state index contributed by atoms with van der Waals surface area (Å²) in [5.41, 5.74) is 0. The molecule has 0 aliphatic rings. The highest BCUT2D eigenvalue weighted by Gasteiger charge is 1.75. The third kappa shape index (κ3) is 76.9. The van der Waals surface area contributed by atoms with Gasteiger partial charge in [-0.2, -0.15) is 0 Å². The normalized spacial score (nSPS) is 6.53. The second-order valence-corrected chi connectivity index (χ2v) is 1.78. The number of ether oxygens (including phenoxy) is 1. The van der Waals surface area contributed by atoms with E-state index in [-0.39, 0.29) is 5.97 Å². The zero-order valence-electron chi connectivity index (χ0n) is 8.60. The van der Waals surface area contributed by atoms with Crippen LogP contribution in [0.1, 0.15) is 6.92 Å². The number of carbonyl (C=O) groups is 3. The molecule has 0 fully saturated rings. The van der Waals surface area contributed by atoms with Crippen molar-refractivity contribution >= 4 is 17.9 Å². The standard InChI is InChI=1S/C3H6O2.2C3H4O2/c1-3(4)5-2;2*1-2-3(4)5/h1-2H3;2*2H,1H2,(H,4,5). The van der Waals surface area contributed by atoms with Gasteiger partial charge in [0.05, 0.1) is 7.11 Å². The molecule has 0 heterocycles. The van der Waals surface area contributed by atoms with E-state index in [1.54, 1.807) is 0 Å². The van der Waals surface area contributed by atoms with Crippen LogP contribution in [-0.2, 0) is 19.1 Å². The van der Waals surface area contributed by atoms with E-state index in [1.165, 1.54) is 14.0 Å². The summed E-state index contributed by atoms with van der Waals surface area (Å²) in [6.45, 7) is 7.28. The van der Waals surface area contributed by atoms with E-state index in [4.69, 9.17) is 10.2 Å². The van der Waals surface area contributed by atoms with Gasteiger partial charge in [0.2, 0.25) is 0 Å². The van der Waals surface area contributed by atoms with Crippen molar-refractivity contribution in [3.8, 4) is 0 Å². The number of rotatable bonds is 2. The van der Waals surface area contributed by atoms with Gasteiger partial charge in [0.1, 0.15) is 0 Å². The molecule has 0 unspecified atom stereocenters. The van der Waals surface area contributed by atoms with E-state index in [0.29, 0.717) is 0 Å². The fourth-order valence-corrected chi connectivity index (χ4v) is 0. The topological polar surface area (TPSA) is 101 Å². The van der Waals surface area contributed by atoms with Crippen LogP contribution in [0.4, 0.5) is 0 Å². The predicted octanol–water partition coefficient (Wildman–Crippen LogP) is 0.693. The lowest BCUT2D eigenvalue weighted by Crippen LogP contribution is -1.88. The van der Waals surface area contributed by atoms with E-state index in [1.807, 2.05) is 0 Å². The number of carbonyl (C=O) groups excluding carboxylic acids is 1. The molecule has 0 aliphatic heterocycles. The summed E-state index contributed by atoms with van der Waals surface area (Å²) in [5.74, 6) is -2.21. The summed E-state index contributed by atoms with van der Waals surface area (Å²) in [7, 11) is 1.35. The molecular formula is C9H14O6. The number of carboxylic acids is 2. The first-order valence-electron chi connectivity index (χ1n) is 3.57. The van der Waals surface area contributed by atoms with Gasteiger partial charge in [-0.3, -0.25) is 4.79 Å². The third-order valence-corrected chi connectivity index (χ3v) is 0.637. The molecule has 0 bridgehead atoms. The van der Waals surface area contributed by atoms with Gasteiger partial charge < -0.3 is 14.9 Å². The predicted molar refractivity (Wildman–Crippen MR) is 53.4 cm³/mol. The van der Waals surface area contributed by atoms with Crippen LogP contribution in [-0.4, -0.2) is 35.2 Å². The molecule has 0 atom stereocenters. The Morgan fingerprint density at radius 1 is 1.07 bits per heavy atom. The molecule has 0 radical (unpaired) electrons. The van der Waals surface area contributed by atoms with Crippen LogP contribution in [0.2, 0.25) is 0 Å². The van der Waals surface area contributed by atoms with Gasteiger partial charge in [-0.1, -0.05) is 13.2 Å². The summed E-state index contributed by atoms with van der Waals surface area (Å²) in [6.07, 6.45) is 1.67. The van der Waals surface area contributed by atoms with Crippen LogP contribution in [0.3, 0.4) is 0 Å². The van der Waals surface area contributed by atoms with Crippen molar-refractivity contribution in [3.05, 3.63) is 25.3 Å². The Morgan fingerprint density at radius 3 is 1.20 bits per heavy atom. The summed E-state index contributed by atoms with van der Waals surface area (Å²) < 4.78 is 4.11.